The first-order valence-electron chi connectivity index (χ1n) is 5.14. The van der Waals surface area contributed by atoms with Crippen molar-refractivity contribution in [2.45, 2.75) is 33.3 Å². The smallest absolute Gasteiger partial charge is 0.228 e. The summed E-state index contributed by atoms with van der Waals surface area (Å²) in [7, 11) is 0. The van der Waals surface area contributed by atoms with Gasteiger partial charge >= 0.3 is 0 Å². The van der Waals surface area contributed by atoms with Gasteiger partial charge in [0.25, 0.3) is 0 Å². The molecule has 80 valence electrons. The Hall–Kier alpha value is -1.51. The van der Waals surface area contributed by atoms with E-state index in [2.05, 4.69) is 5.32 Å². The minimum atomic E-state index is -0.0632. The zero-order valence-electron chi connectivity index (χ0n) is 9.26. The second kappa shape index (κ2) is 3.57. The highest BCUT2D eigenvalue weighted by atomic mass is 16.5. The van der Waals surface area contributed by atoms with Crippen LogP contribution in [0.25, 0.3) is 0 Å². The van der Waals surface area contributed by atoms with E-state index in [0.29, 0.717) is 6.42 Å². The fourth-order valence-corrected chi connectivity index (χ4v) is 1.75. The molecule has 1 heterocycles. The molecule has 0 fully saturated rings. The molecule has 1 aliphatic heterocycles. The highest BCUT2D eigenvalue weighted by molar-refractivity contribution is 5.93. The van der Waals surface area contributed by atoms with Gasteiger partial charge in [0.1, 0.15) is 11.9 Å². The van der Waals surface area contributed by atoms with Crippen molar-refractivity contribution in [1.29, 1.82) is 0 Å². The molecule has 0 aliphatic carbocycles. The molecule has 1 aromatic rings. The molecule has 1 atom stereocenters. The van der Waals surface area contributed by atoms with Gasteiger partial charge in [-0.3, -0.25) is 4.79 Å². The summed E-state index contributed by atoms with van der Waals surface area (Å²) in [6, 6.07) is 3.89. The van der Waals surface area contributed by atoms with E-state index < -0.39 is 0 Å². The summed E-state index contributed by atoms with van der Waals surface area (Å²) in [5, 5.41) is 2.86. The van der Waals surface area contributed by atoms with Crippen LogP contribution < -0.4 is 10.1 Å². The van der Waals surface area contributed by atoms with E-state index >= 15 is 0 Å². The number of carbonyl (C=O) groups excluding carboxylic acids is 1. The van der Waals surface area contributed by atoms with E-state index in [1.807, 2.05) is 32.9 Å². The maximum Gasteiger partial charge on any atom is 0.228 e. The number of fused-ring (bicyclic) bond motifs is 1. The van der Waals surface area contributed by atoms with Crippen LogP contribution in [0.15, 0.2) is 12.1 Å². The fourth-order valence-electron chi connectivity index (χ4n) is 1.75. The second-order valence-corrected chi connectivity index (χ2v) is 4.06. The standard InChI is InChI=1S/C12H15NO2/c1-7-4-5-10-12(9(7)3)15-8(2)6-11(14)13-10/h4-5,8H,6H2,1-3H3,(H,13,14). The van der Waals surface area contributed by atoms with Crippen LogP contribution in [0.5, 0.6) is 5.75 Å². The number of anilines is 1. The Kier molecular flexibility index (Phi) is 2.39. The number of ether oxygens (including phenoxy) is 1. The fraction of sp³-hybridized carbons (Fsp3) is 0.417. The van der Waals surface area contributed by atoms with E-state index in [9.17, 15) is 4.79 Å². The van der Waals surface area contributed by atoms with Crippen molar-refractivity contribution in [3.05, 3.63) is 23.3 Å². The molecule has 1 N–H and O–H groups in total. The second-order valence-electron chi connectivity index (χ2n) is 4.06. The minimum Gasteiger partial charge on any atom is -0.488 e. The molecule has 3 heteroatoms. The quantitative estimate of drug-likeness (QED) is 0.706. The van der Waals surface area contributed by atoms with Crippen LogP contribution in [0.1, 0.15) is 24.5 Å². The predicted molar refractivity (Wildman–Crippen MR) is 59.3 cm³/mol. The first kappa shape index (κ1) is 10.0. The first-order valence-corrected chi connectivity index (χ1v) is 5.14. The Labute approximate surface area is 89.4 Å². The largest absolute Gasteiger partial charge is 0.488 e. The summed E-state index contributed by atoms with van der Waals surface area (Å²) < 4.78 is 5.76. The van der Waals surface area contributed by atoms with Crippen LogP contribution in [0.4, 0.5) is 5.69 Å². The van der Waals surface area contributed by atoms with E-state index in [1.54, 1.807) is 0 Å². The van der Waals surface area contributed by atoms with Crippen LogP contribution in [0.3, 0.4) is 0 Å². The summed E-state index contributed by atoms with van der Waals surface area (Å²) in [6.07, 6.45) is 0.347. The normalized spacial score (nSPS) is 19.9. The monoisotopic (exact) mass is 205 g/mol. The lowest BCUT2D eigenvalue weighted by Gasteiger charge is -2.15. The van der Waals surface area contributed by atoms with Crippen molar-refractivity contribution in [1.82, 2.24) is 0 Å². The summed E-state index contributed by atoms with van der Waals surface area (Å²) in [5.41, 5.74) is 3.06. The maximum atomic E-state index is 11.5. The van der Waals surface area contributed by atoms with Crippen LogP contribution in [0, 0.1) is 13.8 Å². The number of benzene rings is 1. The van der Waals surface area contributed by atoms with Crippen molar-refractivity contribution < 1.29 is 9.53 Å². The molecule has 3 nitrogen and oxygen atoms in total. The molecular formula is C12H15NO2. The molecule has 1 aromatic carbocycles. The number of nitrogens with one attached hydrogen (secondary N) is 1. The topological polar surface area (TPSA) is 38.3 Å². The average molecular weight is 205 g/mol. The predicted octanol–water partition coefficient (Wildman–Crippen LogP) is 2.41. The van der Waals surface area contributed by atoms with Gasteiger partial charge in [0.05, 0.1) is 12.1 Å². The molecule has 0 saturated carbocycles. The number of rotatable bonds is 0. The van der Waals surface area contributed by atoms with Gasteiger partial charge in [-0.1, -0.05) is 6.07 Å². The van der Waals surface area contributed by atoms with E-state index in [-0.39, 0.29) is 12.0 Å². The third-order valence-electron chi connectivity index (χ3n) is 2.74. The van der Waals surface area contributed by atoms with Gasteiger partial charge in [-0.05, 0) is 38.0 Å². The lowest BCUT2D eigenvalue weighted by molar-refractivity contribution is -0.117. The number of hydrogen-bond acceptors (Lipinski definition) is 2. The summed E-state index contributed by atoms with van der Waals surface area (Å²) in [6.45, 7) is 5.96. The van der Waals surface area contributed by atoms with Crippen molar-refractivity contribution in [3.8, 4) is 5.75 Å². The van der Waals surface area contributed by atoms with Gasteiger partial charge < -0.3 is 10.1 Å². The van der Waals surface area contributed by atoms with Crippen molar-refractivity contribution in [3.63, 3.8) is 0 Å². The summed E-state index contributed by atoms with van der Waals surface area (Å²) in [4.78, 5) is 11.5. The lowest BCUT2D eigenvalue weighted by atomic mass is 10.1. The van der Waals surface area contributed by atoms with E-state index in [1.165, 1.54) is 5.56 Å². The highest BCUT2D eigenvalue weighted by Crippen LogP contribution is 2.33. The molecule has 0 bridgehead atoms. The molecule has 0 aromatic heterocycles. The number of carbonyl (C=O) groups is 1. The Balaban J connectivity index is 2.51. The van der Waals surface area contributed by atoms with Gasteiger partial charge in [0.2, 0.25) is 5.91 Å². The van der Waals surface area contributed by atoms with Crippen molar-refractivity contribution in [2.75, 3.05) is 5.32 Å². The third-order valence-corrected chi connectivity index (χ3v) is 2.74. The van der Waals surface area contributed by atoms with Crippen LogP contribution >= 0.6 is 0 Å². The van der Waals surface area contributed by atoms with E-state index in [4.69, 9.17) is 4.74 Å². The number of aryl methyl sites for hydroxylation is 1. The molecule has 0 saturated heterocycles. The van der Waals surface area contributed by atoms with Gasteiger partial charge in [-0.2, -0.15) is 0 Å². The highest BCUT2D eigenvalue weighted by Gasteiger charge is 2.20. The molecule has 2 rings (SSSR count). The third kappa shape index (κ3) is 1.82. The van der Waals surface area contributed by atoms with E-state index in [0.717, 1.165) is 17.0 Å². The number of hydrogen-bond donors (Lipinski definition) is 1. The van der Waals surface area contributed by atoms with Crippen LogP contribution in [-0.2, 0) is 4.79 Å². The molecule has 1 amide bonds. The van der Waals surface area contributed by atoms with Gasteiger partial charge in [0.15, 0.2) is 0 Å². The maximum absolute atomic E-state index is 11.5. The van der Waals surface area contributed by atoms with Gasteiger partial charge in [0, 0.05) is 0 Å². The Morgan fingerprint density at radius 2 is 2.13 bits per heavy atom. The minimum absolute atomic E-state index is 0.0181. The molecule has 0 spiro atoms. The summed E-state index contributed by atoms with van der Waals surface area (Å²) >= 11 is 0. The van der Waals surface area contributed by atoms with Gasteiger partial charge in [-0.15, -0.1) is 0 Å². The molecule has 1 aliphatic rings. The Morgan fingerprint density at radius 3 is 2.87 bits per heavy atom. The van der Waals surface area contributed by atoms with Crippen molar-refractivity contribution in [2.24, 2.45) is 0 Å². The molecule has 1 unspecified atom stereocenters. The zero-order valence-corrected chi connectivity index (χ0v) is 9.26. The Morgan fingerprint density at radius 1 is 1.40 bits per heavy atom. The average Bonchev–Trinajstić information content (AvgIpc) is 2.30. The lowest BCUT2D eigenvalue weighted by Crippen LogP contribution is -2.17. The number of amides is 1. The SMILES string of the molecule is Cc1ccc2c(c1C)OC(C)CC(=O)N2. The van der Waals surface area contributed by atoms with Gasteiger partial charge in [-0.25, -0.2) is 0 Å². The zero-order chi connectivity index (χ0) is 11.0. The summed E-state index contributed by atoms with van der Waals surface area (Å²) in [5.74, 6) is 0.831. The molecular weight excluding hydrogens is 190 g/mol. The van der Waals surface area contributed by atoms with Crippen molar-refractivity contribution >= 4 is 11.6 Å². The molecule has 0 radical (unpaired) electrons. The van der Waals surface area contributed by atoms with Crippen LogP contribution in [0.2, 0.25) is 0 Å². The Bertz CT molecular complexity index is 412. The first-order chi connectivity index (χ1) is 7.08. The van der Waals surface area contributed by atoms with Crippen LogP contribution in [-0.4, -0.2) is 12.0 Å². The molecule has 15 heavy (non-hydrogen) atoms.